The highest BCUT2D eigenvalue weighted by Crippen LogP contribution is 2.10. The van der Waals surface area contributed by atoms with E-state index in [1.165, 1.54) is 0 Å². The highest BCUT2D eigenvalue weighted by Gasteiger charge is 2.21. The first-order valence-electron chi connectivity index (χ1n) is 6.02. The summed E-state index contributed by atoms with van der Waals surface area (Å²) < 4.78 is 4.99. The lowest BCUT2D eigenvalue weighted by Gasteiger charge is -2.27. The van der Waals surface area contributed by atoms with Crippen LogP contribution in [-0.2, 0) is 9.53 Å². The van der Waals surface area contributed by atoms with Crippen LogP contribution in [0.5, 0.6) is 0 Å². The van der Waals surface area contributed by atoms with Crippen LogP contribution in [0, 0.1) is 5.92 Å². The van der Waals surface area contributed by atoms with E-state index in [1.807, 2.05) is 20.8 Å². The van der Waals surface area contributed by atoms with E-state index >= 15 is 0 Å². The van der Waals surface area contributed by atoms with Crippen LogP contribution in [0.2, 0.25) is 0 Å². The maximum absolute atomic E-state index is 11.6. The van der Waals surface area contributed by atoms with Gasteiger partial charge in [-0.2, -0.15) is 0 Å². The molecule has 0 saturated carbocycles. The van der Waals surface area contributed by atoms with Gasteiger partial charge >= 0.3 is 0 Å². The molecule has 0 radical (unpaired) electrons. The lowest BCUT2D eigenvalue weighted by atomic mass is 9.94. The molecule has 1 unspecified atom stereocenters. The van der Waals surface area contributed by atoms with Crippen LogP contribution < -0.4 is 11.1 Å². The Morgan fingerprint density at radius 2 is 2.00 bits per heavy atom. The summed E-state index contributed by atoms with van der Waals surface area (Å²) in [6.45, 7) is 7.26. The molecule has 3 N–H and O–H groups in total. The second-order valence-electron chi connectivity index (χ2n) is 4.61. The number of methoxy groups -OCH3 is 1. The molecule has 0 aliphatic carbocycles. The average molecular weight is 230 g/mol. The molecule has 0 fully saturated rings. The van der Waals surface area contributed by atoms with E-state index in [0.29, 0.717) is 19.6 Å². The molecular weight excluding hydrogens is 204 g/mol. The zero-order chi connectivity index (χ0) is 12.6. The van der Waals surface area contributed by atoms with Crippen molar-refractivity contribution in [3.05, 3.63) is 0 Å². The minimum absolute atomic E-state index is 0.0567. The second kappa shape index (κ2) is 7.63. The van der Waals surface area contributed by atoms with Gasteiger partial charge in [0, 0.05) is 32.2 Å². The quantitative estimate of drug-likeness (QED) is 0.660. The maximum atomic E-state index is 11.6. The van der Waals surface area contributed by atoms with Gasteiger partial charge in [-0.3, -0.25) is 4.79 Å². The first-order valence-corrected chi connectivity index (χ1v) is 6.02. The van der Waals surface area contributed by atoms with Crippen LogP contribution in [0.15, 0.2) is 0 Å². The molecule has 16 heavy (non-hydrogen) atoms. The second-order valence-corrected chi connectivity index (χ2v) is 4.61. The molecule has 0 aliphatic heterocycles. The molecule has 0 aromatic carbocycles. The molecule has 0 bridgehead atoms. The molecular formula is C12H26N2O2. The molecule has 4 nitrogen and oxygen atoms in total. The number of carbonyl (C=O) groups excluding carboxylic acids is 1. The fourth-order valence-electron chi connectivity index (χ4n) is 1.51. The van der Waals surface area contributed by atoms with Gasteiger partial charge in [-0.15, -0.1) is 0 Å². The fraction of sp³-hybridized carbons (Fsp3) is 0.917. The van der Waals surface area contributed by atoms with E-state index in [2.05, 4.69) is 5.32 Å². The Kier molecular flexibility index (Phi) is 7.34. The Hall–Kier alpha value is -0.610. The summed E-state index contributed by atoms with van der Waals surface area (Å²) in [6.07, 6.45) is 2.24. The largest absolute Gasteiger partial charge is 0.384 e. The van der Waals surface area contributed by atoms with Gasteiger partial charge in [-0.1, -0.05) is 20.8 Å². The van der Waals surface area contributed by atoms with E-state index < -0.39 is 0 Å². The highest BCUT2D eigenvalue weighted by molar-refractivity contribution is 5.76. The Morgan fingerprint density at radius 3 is 2.44 bits per heavy atom. The topological polar surface area (TPSA) is 64.3 Å². The molecule has 0 rings (SSSR count). The van der Waals surface area contributed by atoms with Gasteiger partial charge in [0.15, 0.2) is 0 Å². The minimum atomic E-state index is -0.264. The van der Waals surface area contributed by atoms with Crippen molar-refractivity contribution in [1.29, 1.82) is 0 Å². The van der Waals surface area contributed by atoms with Crippen LogP contribution in [0.25, 0.3) is 0 Å². The third-order valence-electron chi connectivity index (χ3n) is 3.03. The summed E-state index contributed by atoms with van der Waals surface area (Å²) in [5.74, 6) is 0.307. The van der Waals surface area contributed by atoms with E-state index in [0.717, 1.165) is 12.8 Å². The first-order chi connectivity index (χ1) is 7.47. The molecule has 96 valence electrons. The molecule has 0 saturated heterocycles. The van der Waals surface area contributed by atoms with Gasteiger partial charge in [0.05, 0.1) is 0 Å². The minimum Gasteiger partial charge on any atom is -0.384 e. The molecule has 0 spiro atoms. The number of hydrogen-bond donors (Lipinski definition) is 2. The van der Waals surface area contributed by atoms with Gasteiger partial charge in [0.2, 0.25) is 5.91 Å². The normalized spacial score (nSPS) is 13.6. The number of amides is 1. The third kappa shape index (κ3) is 6.08. The van der Waals surface area contributed by atoms with Crippen molar-refractivity contribution >= 4 is 5.91 Å². The zero-order valence-electron chi connectivity index (χ0n) is 11.0. The van der Waals surface area contributed by atoms with Crippen molar-refractivity contribution in [2.75, 3.05) is 20.3 Å². The average Bonchev–Trinajstić information content (AvgIpc) is 2.26. The summed E-state index contributed by atoms with van der Waals surface area (Å²) in [7, 11) is 1.65. The Morgan fingerprint density at radius 1 is 1.44 bits per heavy atom. The van der Waals surface area contributed by atoms with Crippen molar-refractivity contribution in [3.8, 4) is 0 Å². The Bertz CT molecular complexity index is 203. The molecule has 0 aliphatic rings. The Labute approximate surface area is 98.9 Å². The van der Waals surface area contributed by atoms with Crippen molar-refractivity contribution in [2.24, 2.45) is 11.7 Å². The van der Waals surface area contributed by atoms with Crippen molar-refractivity contribution < 1.29 is 9.53 Å². The van der Waals surface area contributed by atoms with Crippen LogP contribution in [0.3, 0.4) is 0 Å². The zero-order valence-corrected chi connectivity index (χ0v) is 11.0. The summed E-state index contributed by atoms with van der Waals surface area (Å²) in [4.78, 5) is 11.6. The highest BCUT2D eigenvalue weighted by atomic mass is 16.5. The predicted octanol–water partition coefficient (Wildman–Crippen LogP) is 1.29. The maximum Gasteiger partial charge on any atom is 0.220 e. The number of nitrogens with one attached hydrogen (secondary N) is 1. The smallest absolute Gasteiger partial charge is 0.220 e. The summed E-state index contributed by atoms with van der Waals surface area (Å²) in [6, 6.07) is 0. The number of nitrogens with two attached hydrogens (primary N) is 1. The van der Waals surface area contributed by atoms with Gasteiger partial charge in [0.25, 0.3) is 0 Å². The summed E-state index contributed by atoms with van der Waals surface area (Å²) >= 11 is 0. The Balaban J connectivity index is 3.88. The van der Waals surface area contributed by atoms with Crippen LogP contribution >= 0.6 is 0 Å². The molecule has 1 atom stereocenters. The number of hydrogen-bond acceptors (Lipinski definition) is 3. The van der Waals surface area contributed by atoms with Gasteiger partial charge in [0.1, 0.15) is 0 Å². The van der Waals surface area contributed by atoms with Crippen LogP contribution in [0.1, 0.15) is 40.0 Å². The fourth-order valence-corrected chi connectivity index (χ4v) is 1.51. The molecule has 1 amide bonds. The standard InChI is InChI=1S/C12H26N2O2/c1-5-12(13,6-2)9-14-11(15)7-10(3)8-16-4/h10H,5-9,13H2,1-4H3,(H,14,15). The number of ether oxygens (including phenoxy) is 1. The van der Waals surface area contributed by atoms with Gasteiger partial charge in [-0.25, -0.2) is 0 Å². The van der Waals surface area contributed by atoms with Crippen molar-refractivity contribution in [2.45, 2.75) is 45.6 Å². The molecule has 0 heterocycles. The third-order valence-corrected chi connectivity index (χ3v) is 3.03. The lowest BCUT2D eigenvalue weighted by Crippen LogP contribution is -2.49. The van der Waals surface area contributed by atoms with Crippen LogP contribution in [0.4, 0.5) is 0 Å². The summed E-state index contributed by atoms with van der Waals surface area (Å²) in [5.41, 5.74) is 5.83. The van der Waals surface area contributed by atoms with Crippen molar-refractivity contribution in [1.82, 2.24) is 5.32 Å². The van der Waals surface area contributed by atoms with Gasteiger partial charge < -0.3 is 15.8 Å². The predicted molar refractivity (Wildman–Crippen MR) is 66.2 cm³/mol. The van der Waals surface area contributed by atoms with E-state index in [9.17, 15) is 4.79 Å². The molecule has 0 aromatic heterocycles. The monoisotopic (exact) mass is 230 g/mol. The molecule has 0 aromatic rings. The first kappa shape index (κ1) is 15.4. The van der Waals surface area contributed by atoms with E-state index in [1.54, 1.807) is 7.11 Å². The SMILES string of the molecule is CCC(N)(CC)CNC(=O)CC(C)COC. The van der Waals surface area contributed by atoms with Gasteiger partial charge in [-0.05, 0) is 18.8 Å². The number of carbonyl (C=O) groups is 1. The molecule has 4 heteroatoms. The lowest BCUT2D eigenvalue weighted by molar-refractivity contribution is -0.122. The van der Waals surface area contributed by atoms with Crippen molar-refractivity contribution in [3.63, 3.8) is 0 Å². The van der Waals surface area contributed by atoms with E-state index in [4.69, 9.17) is 10.5 Å². The number of rotatable bonds is 8. The summed E-state index contributed by atoms with van der Waals surface area (Å²) in [5, 5.41) is 2.89. The van der Waals surface area contributed by atoms with Crippen LogP contribution in [-0.4, -0.2) is 31.7 Å². The van der Waals surface area contributed by atoms with E-state index in [-0.39, 0.29) is 17.4 Å².